The minimum atomic E-state index is -1.27. The Morgan fingerprint density at radius 3 is 2.38 bits per heavy atom. The molecule has 5 heteroatoms. The minimum absolute atomic E-state index is 0.127. The summed E-state index contributed by atoms with van der Waals surface area (Å²) >= 11 is 3.19. The molecule has 0 bridgehead atoms. The van der Waals surface area contributed by atoms with E-state index in [0.29, 0.717) is 15.1 Å². The van der Waals surface area contributed by atoms with E-state index in [0.717, 1.165) is 16.7 Å². The van der Waals surface area contributed by atoms with E-state index in [1.807, 2.05) is 32.0 Å². The van der Waals surface area contributed by atoms with Crippen LogP contribution in [0.25, 0.3) is 0 Å². The lowest BCUT2D eigenvalue weighted by Gasteiger charge is -2.10. The van der Waals surface area contributed by atoms with E-state index in [1.165, 1.54) is 6.07 Å². The smallest absolute Gasteiger partial charge is 0.336 e. The van der Waals surface area contributed by atoms with Crippen molar-refractivity contribution in [2.75, 3.05) is 0 Å². The first-order valence-electron chi connectivity index (χ1n) is 6.36. The van der Waals surface area contributed by atoms with Gasteiger partial charge in [-0.15, -0.1) is 0 Å². The van der Waals surface area contributed by atoms with Crippen LogP contribution in [0.3, 0.4) is 0 Å². The summed E-state index contributed by atoms with van der Waals surface area (Å²) in [5.41, 5.74) is 3.37. The summed E-state index contributed by atoms with van der Waals surface area (Å²) in [5.74, 6) is -0.646. The highest BCUT2D eigenvalue weighted by Gasteiger charge is 2.14. The van der Waals surface area contributed by atoms with Gasteiger partial charge in [0.15, 0.2) is 0 Å². The number of carbonyl (C=O) groups is 1. The van der Waals surface area contributed by atoms with Crippen LogP contribution in [0.2, 0.25) is 0 Å². The molecule has 2 aromatic rings. The number of carboxylic acids is 1. The second-order valence-electron chi connectivity index (χ2n) is 4.81. The molecule has 0 saturated carbocycles. The number of benzene rings is 2. The molecule has 21 heavy (non-hydrogen) atoms. The van der Waals surface area contributed by atoms with Crippen molar-refractivity contribution in [1.29, 1.82) is 0 Å². The molecule has 2 aromatic carbocycles. The molecule has 1 N–H and O–H groups in total. The molecule has 0 amide bonds. The third kappa shape index (κ3) is 3.60. The number of rotatable bonds is 4. The zero-order chi connectivity index (χ0) is 15.6. The molecule has 0 saturated heterocycles. The van der Waals surface area contributed by atoms with Gasteiger partial charge in [0, 0.05) is 9.37 Å². The second-order valence-corrected chi connectivity index (χ2v) is 7.11. The number of halogens is 1. The van der Waals surface area contributed by atoms with E-state index in [-0.39, 0.29) is 5.56 Å². The Balaban J connectivity index is 2.33. The molecule has 110 valence electrons. The third-order valence-electron chi connectivity index (χ3n) is 3.35. The maximum Gasteiger partial charge on any atom is 0.336 e. The van der Waals surface area contributed by atoms with Gasteiger partial charge >= 0.3 is 5.97 Å². The molecule has 0 heterocycles. The SMILES string of the molecule is Cc1cccc(C)c1CS(=O)c1ccc(Br)c(C(=O)O)c1. The van der Waals surface area contributed by atoms with Crippen LogP contribution < -0.4 is 0 Å². The van der Waals surface area contributed by atoms with Crippen LogP contribution in [-0.4, -0.2) is 15.3 Å². The summed E-state index contributed by atoms with van der Waals surface area (Å²) in [6, 6.07) is 10.7. The molecule has 0 spiro atoms. The number of hydrogen-bond acceptors (Lipinski definition) is 2. The molecule has 0 aromatic heterocycles. The fourth-order valence-corrected chi connectivity index (χ4v) is 3.87. The van der Waals surface area contributed by atoms with E-state index < -0.39 is 16.8 Å². The van der Waals surface area contributed by atoms with Crippen LogP contribution in [0.5, 0.6) is 0 Å². The highest BCUT2D eigenvalue weighted by atomic mass is 79.9. The predicted octanol–water partition coefficient (Wildman–Crippen LogP) is 4.07. The molecule has 1 atom stereocenters. The van der Waals surface area contributed by atoms with Crippen molar-refractivity contribution in [1.82, 2.24) is 0 Å². The minimum Gasteiger partial charge on any atom is -0.478 e. The molecule has 2 rings (SSSR count). The van der Waals surface area contributed by atoms with Gasteiger partial charge in [-0.05, 0) is 64.7 Å². The molecular weight excluding hydrogens is 352 g/mol. The van der Waals surface area contributed by atoms with Crippen LogP contribution in [0.15, 0.2) is 45.8 Å². The molecule has 0 radical (unpaired) electrons. The van der Waals surface area contributed by atoms with E-state index in [4.69, 9.17) is 5.11 Å². The molecule has 0 fully saturated rings. The van der Waals surface area contributed by atoms with Gasteiger partial charge in [0.05, 0.1) is 22.1 Å². The van der Waals surface area contributed by atoms with Crippen molar-refractivity contribution in [2.24, 2.45) is 0 Å². The zero-order valence-corrected chi connectivity index (χ0v) is 14.1. The predicted molar refractivity (Wildman–Crippen MR) is 87.1 cm³/mol. The van der Waals surface area contributed by atoms with Crippen LogP contribution in [-0.2, 0) is 16.6 Å². The summed E-state index contributed by atoms with van der Waals surface area (Å²) in [4.78, 5) is 11.7. The standard InChI is InChI=1S/C16H15BrO3S/c1-10-4-3-5-11(2)14(10)9-21(20)12-6-7-15(17)13(8-12)16(18)19/h3-8H,9H2,1-2H3,(H,18,19). The van der Waals surface area contributed by atoms with E-state index in [2.05, 4.69) is 15.9 Å². The van der Waals surface area contributed by atoms with Crippen molar-refractivity contribution in [3.63, 3.8) is 0 Å². The molecule has 0 aliphatic heterocycles. The molecule has 0 aliphatic carbocycles. The Morgan fingerprint density at radius 2 is 1.81 bits per heavy atom. The fraction of sp³-hybridized carbons (Fsp3) is 0.188. The highest BCUT2D eigenvalue weighted by Crippen LogP contribution is 2.23. The normalized spacial score (nSPS) is 12.1. The van der Waals surface area contributed by atoms with Crippen LogP contribution in [0.4, 0.5) is 0 Å². The van der Waals surface area contributed by atoms with Crippen molar-refractivity contribution in [2.45, 2.75) is 24.5 Å². The lowest BCUT2D eigenvalue weighted by molar-refractivity contribution is 0.0695. The van der Waals surface area contributed by atoms with Gasteiger partial charge in [0.25, 0.3) is 0 Å². The fourth-order valence-electron chi connectivity index (χ4n) is 2.10. The third-order valence-corrected chi connectivity index (χ3v) is 5.37. The van der Waals surface area contributed by atoms with Gasteiger partial charge in [-0.2, -0.15) is 0 Å². The van der Waals surface area contributed by atoms with Crippen molar-refractivity contribution < 1.29 is 14.1 Å². The van der Waals surface area contributed by atoms with E-state index in [9.17, 15) is 9.00 Å². The maximum absolute atomic E-state index is 12.5. The van der Waals surface area contributed by atoms with Crippen LogP contribution in [0, 0.1) is 13.8 Å². The van der Waals surface area contributed by atoms with Crippen molar-refractivity contribution >= 4 is 32.7 Å². The Kier molecular flexibility index (Phi) is 4.96. The van der Waals surface area contributed by atoms with Crippen molar-refractivity contribution in [3.8, 4) is 0 Å². The Bertz CT molecular complexity index is 705. The Labute approximate surface area is 134 Å². The highest BCUT2D eigenvalue weighted by molar-refractivity contribution is 9.10. The maximum atomic E-state index is 12.5. The monoisotopic (exact) mass is 366 g/mol. The summed E-state index contributed by atoms with van der Waals surface area (Å²) in [6.45, 7) is 3.98. The van der Waals surface area contributed by atoms with Gasteiger partial charge in [-0.25, -0.2) is 4.79 Å². The number of carboxylic acid groups (broad SMARTS) is 1. The van der Waals surface area contributed by atoms with Crippen LogP contribution in [0.1, 0.15) is 27.0 Å². The lowest BCUT2D eigenvalue weighted by Crippen LogP contribution is -2.04. The van der Waals surface area contributed by atoms with Gasteiger partial charge in [0.1, 0.15) is 0 Å². The second kappa shape index (κ2) is 6.54. The quantitative estimate of drug-likeness (QED) is 0.886. The average Bonchev–Trinajstić information content (AvgIpc) is 2.43. The Morgan fingerprint density at radius 1 is 1.19 bits per heavy atom. The van der Waals surface area contributed by atoms with Gasteiger partial charge < -0.3 is 5.11 Å². The Hall–Kier alpha value is -1.46. The first-order chi connectivity index (χ1) is 9.90. The van der Waals surface area contributed by atoms with Gasteiger partial charge in [0.2, 0.25) is 0 Å². The summed E-state index contributed by atoms with van der Waals surface area (Å²) in [6.07, 6.45) is 0. The number of hydrogen-bond donors (Lipinski definition) is 1. The number of aryl methyl sites for hydroxylation is 2. The zero-order valence-electron chi connectivity index (χ0n) is 11.7. The average molecular weight is 367 g/mol. The first kappa shape index (κ1) is 15.9. The first-order valence-corrected chi connectivity index (χ1v) is 8.47. The summed E-state index contributed by atoms with van der Waals surface area (Å²) in [5, 5.41) is 9.12. The molecule has 1 unspecified atom stereocenters. The lowest BCUT2D eigenvalue weighted by atomic mass is 10.1. The largest absolute Gasteiger partial charge is 0.478 e. The van der Waals surface area contributed by atoms with Crippen LogP contribution >= 0.6 is 15.9 Å². The van der Waals surface area contributed by atoms with Gasteiger partial charge in [-0.3, -0.25) is 4.21 Å². The van der Waals surface area contributed by atoms with Crippen molar-refractivity contribution in [3.05, 3.63) is 63.1 Å². The number of aromatic carboxylic acids is 1. The van der Waals surface area contributed by atoms with Gasteiger partial charge in [-0.1, -0.05) is 18.2 Å². The molecule has 3 nitrogen and oxygen atoms in total. The summed E-state index contributed by atoms with van der Waals surface area (Å²) in [7, 11) is -1.27. The van der Waals surface area contributed by atoms with E-state index >= 15 is 0 Å². The van der Waals surface area contributed by atoms with E-state index in [1.54, 1.807) is 12.1 Å². The molecule has 0 aliphatic rings. The summed E-state index contributed by atoms with van der Waals surface area (Å²) < 4.78 is 13.0. The molecular formula is C16H15BrO3S. The topological polar surface area (TPSA) is 54.4 Å².